The van der Waals surface area contributed by atoms with Crippen molar-refractivity contribution in [2.45, 2.75) is 12.7 Å². The standard InChI is InChI=1S/C21H17ClN2O/c22-16-10-12-17(13-11-16)23-20-18-8-4-5-9-19(18)21(25)24(20)14-15-6-2-1-3-7-15/h1-13,20,23H,14H2. The van der Waals surface area contributed by atoms with Gasteiger partial charge in [0.25, 0.3) is 5.91 Å². The maximum atomic E-state index is 12.9. The molecule has 4 rings (SSSR count). The van der Waals surface area contributed by atoms with E-state index in [0.717, 1.165) is 22.4 Å². The number of benzene rings is 3. The number of carbonyl (C=O) groups excluding carboxylic acids is 1. The van der Waals surface area contributed by atoms with Gasteiger partial charge >= 0.3 is 0 Å². The highest BCUT2D eigenvalue weighted by Gasteiger charge is 2.36. The van der Waals surface area contributed by atoms with Gasteiger partial charge in [-0.3, -0.25) is 4.79 Å². The van der Waals surface area contributed by atoms with Gasteiger partial charge in [-0.15, -0.1) is 0 Å². The van der Waals surface area contributed by atoms with E-state index in [1.165, 1.54) is 0 Å². The second-order valence-corrected chi connectivity index (χ2v) is 6.50. The molecule has 0 saturated heterocycles. The highest BCUT2D eigenvalue weighted by molar-refractivity contribution is 6.30. The fourth-order valence-corrected chi connectivity index (χ4v) is 3.30. The Hall–Kier alpha value is -2.78. The lowest BCUT2D eigenvalue weighted by Crippen LogP contribution is -2.31. The highest BCUT2D eigenvalue weighted by atomic mass is 35.5. The van der Waals surface area contributed by atoms with Crippen molar-refractivity contribution in [1.29, 1.82) is 0 Å². The molecule has 3 aromatic rings. The van der Waals surface area contributed by atoms with Gasteiger partial charge in [-0.05, 0) is 35.9 Å². The molecule has 25 heavy (non-hydrogen) atoms. The van der Waals surface area contributed by atoms with Crippen LogP contribution < -0.4 is 5.32 Å². The highest BCUT2D eigenvalue weighted by Crippen LogP contribution is 2.35. The molecule has 1 aliphatic heterocycles. The zero-order chi connectivity index (χ0) is 17.2. The Labute approximate surface area is 151 Å². The molecule has 0 fully saturated rings. The first-order chi connectivity index (χ1) is 12.2. The SMILES string of the molecule is O=C1c2ccccc2C(Nc2ccc(Cl)cc2)N1Cc1ccccc1. The number of nitrogens with one attached hydrogen (secondary N) is 1. The molecule has 0 aromatic heterocycles. The molecule has 1 aliphatic rings. The van der Waals surface area contributed by atoms with Crippen molar-refractivity contribution in [3.05, 3.63) is 101 Å². The fraction of sp³-hybridized carbons (Fsp3) is 0.0952. The van der Waals surface area contributed by atoms with Gasteiger partial charge in [-0.1, -0.05) is 60.1 Å². The molecule has 0 spiro atoms. The summed E-state index contributed by atoms with van der Waals surface area (Å²) >= 11 is 5.98. The largest absolute Gasteiger partial charge is 0.361 e. The summed E-state index contributed by atoms with van der Waals surface area (Å²) in [6.07, 6.45) is -0.204. The van der Waals surface area contributed by atoms with Crippen LogP contribution in [0.2, 0.25) is 5.02 Å². The topological polar surface area (TPSA) is 32.3 Å². The van der Waals surface area contributed by atoms with E-state index in [-0.39, 0.29) is 12.1 Å². The van der Waals surface area contributed by atoms with Crippen LogP contribution in [0, 0.1) is 0 Å². The second-order valence-electron chi connectivity index (χ2n) is 6.06. The Kier molecular flexibility index (Phi) is 4.16. The molecule has 0 saturated carbocycles. The van der Waals surface area contributed by atoms with Gasteiger partial charge in [0.2, 0.25) is 0 Å². The Morgan fingerprint density at radius 3 is 2.32 bits per heavy atom. The Morgan fingerprint density at radius 1 is 0.880 bits per heavy atom. The minimum absolute atomic E-state index is 0.0471. The van der Waals surface area contributed by atoms with Crippen molar-refractivity contribution >= 4 is 23.2 Å². The van der Waals surface area contributed by atoms with E-state index in [0.29, 0.717) is 11.6 Å². The second kappa shape index (κ2) is 6.61. The summed E-state index contributed by atoms with van der Waals surface area (Å²) in [7, 11) is 0. The van der Waals surface area contributed by atoms with Gasteiger partial charge < -0.3 is 10.2 Å². The fourth-order valence-electron chi connectivity index (χ4n) is 3.17. The zero-order valence-electron chi connectivity index (χ0n) is 13.5. The third-order valence-corrected chi connectivity index (χ3v) is 4.65. The van der Waals surface area contributed by atoms with Crippen LogP contribution in [0.1, 0.15) is 27.7 Å². The number of amides is 1. The lowest BCUT2D eigenvalue weighted by molar-refractivity contribution is 0.0729. The number of nitrogens with zero attached hydrogens (tertiary/aromatic N) is 1. The predicted molar refractivity (Wildman–Crippen MR) is 101 cm³/mol. The minimum Gasteiger partial charge on any atom is -0.361 e. The Balaban J connectivity index is 1.68. The van der Waals surface area contributed by atoms with E-state index in [2.05, 4.69) is 5.32 Å². The Bertz CT molecular complexity index is 893. The molecule has 3 aromatic carbocycles. The minimum atomic E-state index is -0.204. The summed E-state index contributed by atoms with van der Waals surface area (Å²) in [5, 5.41) is 4.16. The number of halogens is 1. The molecule has 0 radical (unpaired) electrons. The molecule has 1 heterocycles. The van der Waals surface area contributed by atoms with Gasteiger partial charge in [0.15, 0.2) is 0 Å². The molecule has 3 nitrogen and oxygen atoms in total. The average Bonchev–Trinajstić information content (AvgIpc) is 2.91. The van der Waals surface area contributed by atoms with Gasteiger partial charge in [-0.2, -0.15) is 0 Å². The van der Waals surface area contributed by atoms with Crippen molar-refractivity contribution in [2.24, 2.45) is 0 Å². The van der Waals surface area contributed by atoms with Gasteiger partial charge in [0.1, 0.15) is 6.17 Å². The zero-order valence-corrected chi connectivity index (χ0v) is 14.3. The first-order valence-corrected chi connectivity index (χ1v) is 8.56. The maximum absolute atomic E-state index is 12.9. The maximum Gasteiger partial charge on any atom is 0.256 e. The first kappa shape index (κ1) is 15.7. The summed E-state index contributed by atoms with van der Waals surface area (Å²) in [4.78, 5) is 14.8. The van der Waals surface area contributed by atoms with Crippen molar-refractivity contribution in [3.8, 4) is 0 Å². The summed E-state index contributed by atoms with van der Waals surface area (Å²) in [6.45, 7) is 0.555. The summed E-state index contributed by atoms with van der Waals surface area (Å²) in [5.74, 6) is 0.0471. The van der Waals surface area contributed by atoms with Crippen molar-refractivity contribution < 1.29 is 4.79 Å². The molecule has 1 amide bonds. The molecule has 0 bridgehead atoms. The average molecular weight is 349 g/mol. The van der Waals surface area contributed by atoms with E-state index < -0.39 is 0 Å². The quantitative estimate of drug-likeness (QED) is 0.710. The number of hydrogen-bond acceptors (Lipinski definition) is 2. The lowest BCUT2D eigenvalue weighted by atomic mass is 10.1. The molecule has 1 atom stereocenters. The predicted octanol–water partition coefficient (Wildman–Crippen LogP) is 5.11. The molecule has 0 aliphatic carbocycles. The molecule has 1 unspecified atom stereocenters. The van der Waals surface area contributed by atoms with E-state index in [9.17, 15) is 4.79 Å². The molecule has 124 valence electrons. The smallest absolute Gasteiger partial charge is 0.256 e. The number of anilines is 1. The number of hydrogen-bond donors (Lipinski definition) is 1. The Morgan fingerprint density at radius 2 is 1.56 bits per heavy atom. The van der Waals surface area contributed by atoms with E-state index in [1.54, 1.807) is 0 Å². The van der Waals surface area contributed by atoms with E-state index in [4.69, 9.17) is 11.6 Å². The lowest BCUT2D eigenvalue weighted by Gasteiger charge is -2.27. The normalized spacial score (nSPS) is 16.0. The molecule has 1 N–H and O–H groups in total. The van der Waals surface area contributed by atoms with Crippen LogP contribution in [0.15, 0.2) is 78.9 Å². The summed E-state index contributed by atoms with van der Waals surface area (Å²) in [5.41, 5.74) is 3.78. The first-order valence-electron chi connectivity index (χ1n) is 8.18. The third-order valence-electron chi connectivity index (χ3n) is 4.40. The summed E-state index contributed by atoms with van der Waals surface area (Å²) in [6, 6.07) is 25.3. The summed E-state index contributed by atoms with van der Waals surface area (Å²) < 4.78 is 0. The van der Waals surface area contributed by atoms with Crippen LogP contribution in [-0.2, 0) is 6.54 Å². The van der Waals surface area contributed by atoms with Crippen LogP contribution in [0.25, 0.3) is 0 Å². The van der Waals surface area contributed by atoms with Crippen LogP contribution in [-0.4, -0.2) is 10.8 Å². The van der Waals surface area contributed by atoms with Crippen LogP contribution in [0.3, 0.4) is 0 Å². The van der Waals surface area contributed by atoms with Crippen molar-refractivity contribution in [1.82, 2.24) is 4.90 Å². The number of carbonyl (C=O) groups is 1. The van der Waals surface area contributed by atoms with Crippen molar-refractivity contribution in [2.75, 3.05) is 5.32 Å². The third kappa shape index (κ3) is 3.11. The van der Waals surface area contributed by atoms with Gasteiger partial charge in [0.05, 0.1) is 0 Å². The molecular weight excluding hydrogens is 332 g/mol. The molecule has 4 heteroatoms. The van der Waals surface area contributed by atoms with Crippen molar-refractivity contribution in [3.63, 3.8) is 0 Å². The van der Waals surface area contributed by atoms with Gasteiger partial charge in [0, 0.05) is 28.4 Å². The monoisotopic (exact) mass is 348 g/mol. The van der Waals surface area contributed by atoms with Crippen LogP contribution in [0.4, 0.5) is 5.69 Å². The van der Waals surface area contributed by atoms with Crippen LogP contribution in [0.5, 0.6) is 0 Å². The molecular formula is C21H17ClN2O. The van der Waals surface area contributed by atoms with Gasteiger partial charge in [-0.25, -0.2) is 0 Å². The number of fused-ring (bicyclic) bond motifs is 1. The van der Waals surface area contributed by atoms with Crippen LogP contribution >= 0.6 is 11.6 Å². The number of rotatable bonds is 4. The van der Waals surface area contributed by atoms with E-state index in [1.807, 2.05) is 83.8 Å². The van der Waals surface area contributed by atoms with E-state index >= 15 is 0 Å².